The third-order valence-electron chi connectivity index (χ3n) is 3.84. The van der Waals surface area contributed by atoms with E-state index in [1.54, 1.807) is 43.5 Å². The maximum atomic E-state index is 12.7. The number of ether oxygens (including phenoxy) is 2. The molecule has 8 nitrogen and oxygen atoms in total. The fourth-order valence-corrected chi connectivity index (χ4v) is 2.57. The van der Waals surface area contributed by atoms with Gasteiger partial charge in [0.1, 0.15) is 24.7 Å². The Kier molecular flexibility index (Phi) is 8.47. The van der Waals surface area contributed by atoms with E-state index < -0.39 is 18.4 Å². The number of benzene rings is 2. The highest BCUT2D eigenvalue weighted by Crippen LogP contribution is 2.17. The number of halogens is 1. The highest BCUT2D eigenvalue weighted by atomic mass is 79.9. The van der Waals surface area contributed by atoms with Crippen LogP contribution >= 0.6 is 15.9 Å². The Morgan fingerprint density at radius 2 is 1.66 bits per heavy atom. The lowest BCUT2D eigenvalue weighted by Gasteiger charge is -2.21. The van der Waals surface area contributed by atoms with Crippen molar-refractivity contribution in [2.45, 2.75) is 0 Å². The number of anilines is 1. The minimum atomic E-state index is -1.12. The van der Waals surface area contributed by atoms with E-state index in [2.05, 4.69) is 21.2 Å². The fourth-order valence-electron chi connectivity index (χ4n) is 2.43. The zero-order valence-electron chi connectivity index (χ0n) is 15.8. The lowest BCUT2D eigenvalue weighted by atomic mass is 10.1. The van der Waals surface area contributed by atoms with Crippen LogP contribution in [0.1, 0.15) is 10.4 Å². The first kappa shape index (κ1) is 22.2. The average molecular weight is 465 g/mol. The molecule has 0 aliphatic rings. The summed E-state index contributed by atoms with van der Waals surface area (Å²) in [5, 5.41) is 11.9. The standard InChI is InChI=1S/C20H21BrN2O6/c1-28-16-6-8-17(9-7-16)29-11-10-23(13-19(25)26)20(27)14-2-4-15(5-3-14)22-18(24)12-21/h2-9H,10-13H2,1H3,(H,22,24)(H,25,26). The number of methoxy groups -OCH3 is 1. The maximum Gasteiger partial charge on any atom is 0.323 e. The molecule has 0 atom stereocenters. The molecule has 0 saturated heterocycles. The molecule has 0 radical (unpaired) electrons. The Bertz CT molecular complexity index is 839. The Morgan fingerprint density at radius 3 is 2.21 bits per heavy atom. The highest BCUT2D eigenvalue weighted by molar-refractivity contribution is 9.09. The predicted octanol–water partition coefficient (Wildman–Crippen LogP) is 2.63. The maximum absolute atomic E-state index is 12.7. The summed E-state index contributed by atoms with van der Waals surface area (Å²) < 4.78 is 10.7. The van der Waals surface area contributed by atoms with Gasteiger partial charge in [-0.05, 0) is 48.5 Å². The lowest BCUT2D eigenvalue weighted by Crippen LogP contribution is -2.38. The van der Waals surface area contributed by atoms with Gasteiger partial charge in [0, 0.05) is 11.3 Å². The number of carboxylic acid groups (broad SMARTS) is 1. The number of carbonyl (C=O) groups excluding carboxylic acids is 2. The summed E-state index contributed by atoms with van der Waals surface area (Å²) in [5.41, 5.74) is 0.853. The van der Waals surface area contributed by atoms with Gasteiger partial charge >= 0.3 is 5.97 Å². The second kappa shape index (κ2) is 11.1. The van der Waals surface area contributed by atoms with Crippen molar-refractivity contribution in [1.82, 2.24) is 4.90 Å². The molecule has 2 amide bonds. The molecule has 154 valence electrons. The first-order chi connectivity index (χ1) is 13.9. The summed E-state index contributed by atoms with van der Waals surface area (Å²) in [4.78, 5) is 36.4. The van der Waals surface area contributed by atoms with E-state index >= 15 is 0 Å². The van der Waals surface area contributed by atoms with Gasteiger partial charge in [-0.25, -0.2) is 0 Å². The number of aliphatic carboxylic acids is 1. The van der Waals surface area contributed by atoms with Crippen LogP contribution < -0.4 is 14.8 Å². The van der Waals surface area contributed by atoms with E-state index in [9.17, 15) is 14.4 Å². The minimum absolute atomic E-state index is 0.0965. The van der Waals surface area contributed by atoms with Crippen molar-refractivity contribution in [3.8, 4) is 11.5 Å². The summed E-state index contributed by atoms with van der Waals surface area (Å²) in [5.74, 6) is -0.503. The van der Waals surface area contributed by atoms with E-state index in [0.29, 0.717) is 22.7 Å². The van der Waals surface area contributed by atoms with E-state index in [-0.39, 0.29) is 24.4 Å². The second-order valence-corrected chi connectivity index (χ2v) is 6.46. The Morgan fingerprint density at radius 1 is 1.03 bits per heavy atom. The van der Waals surface area contributed by atoms with Gasteiger partial charge < -0.3 is 24.8 Å². The van der Waals surface area contributed by atoms with Crippen molar-refractivity contribution >= 4 is 39.4 Å². The zero-order valence-corrected chi connectivity index (χ0v) is 17.3. The molecule has 2 aromatic carbocycles. The number of nitrogens with zero attached hydrogens (tertiary/aromatic N) is 1. The number of nitrogens with one attached hydrogen (secondary N) is 1. The number of hydrogen-bond donors (Lipinski definition) is 2. The molecule has 0 fully saturated rings. The van der Waals surface area contributed by atoms with Crippen LogP contribution in [0.3, 0.4) is 0 Å². The predicted molar refractivity (Wildman–Crippen MR) is 111 cm³/mol. The summed E-state index contributed by atoms with van der Waals surface area (Å²) in [6.45, 7) is -0.225. The molecule has 9 heteroatoms. The molecule has 0 bridgehead atoms. The van der Waals surface area contributed by atoms with Gasteiger partial charge in [0.15, 0.2) is 0 Å². The quantitative estimate of drug-likeness (QED) is 0.523. The van der Waals surface area contributed by atoms with Crippen LogP contribution in [-0.4, -0.2) is 59.9 Å². The van der Waals surface area contributed by atoms with Crippen LogP contribution in [0, 0.1) is 0 Å². The normalized spacial score (nSPS) is 10.1. The molecule has 2 rings (SSSR count). The van der Waals surface area contributed by atoms with Crippen molar-refractivity contribution in [2.24, 2.45) is 0 Å². The van der Waals surface area contributed by atoms with Crippen LogP contribution in [0.25, 0.3) is 0 Å². The zero-order chi connectivity index (χ0) is 21.2. The molecule has 2 aromatic rings. The van der Waals surface area contributed by atoms with Gasteiger partial charge in [-0.1, -0.05) is 15.9 Å². The van der Waals surface area contributed by atoms with Gasteiger partial charge in [-0.3, -0.25) is 14.4 Å². The molecule has 0 aromatic heterocycles. The van der Waals surface area contributed by atoms with Crippen LogP contribution in [-0.2, 0) is 9.59 Å². The van der Waals surface area contributed by atoms with Crippen molar-refractivity contribution in [1.29, 1.82) is 0 Å². The van der Waals surface area contributed by atoms with E-state index in [0.717, 1.165) is 0 Å². The van der Waals surface area contributed by atoms with Gasteiger partial charge in [0.2, 0.25) is 5.91 Å². The van der Waals surface area contributed by atoms with Crippen molar-refractivity contribution in [2.75, 3.05) is 37.5 Å². The first-order valence-electron chi connectivity index (χ1n) is 8.66. The summed E-state index contributed by atoms with van der Waals surface area (Å²) in [6, 6.07) is 13.2. The summed E-state index contributed by atoms with van der Waals surface area (Å²) in [6.07, 6.45) is 0. The molecule has 0 spiro atoms. The van der Waals surface area contributed by atoms with Crippen LogP contribution in [0.4, 0.5) is 5.69 Å². The molecule has 0 heterocycles. The Hall–Kier alpha value is -3.07. The molecule has 0 aliphatic carbocycles. The summed E-state index contributed by atoms with van der Waals surface area (Å²) in [7, 11) is 1.56. The Balaban J connectivity index is 1.99. The molecule has 0 saturated carbocycles. The Labute approximate surface area is 176 Å². The van der Waals surface area contributed by atoms with Gasteiger partial charge in [0.05, 0.1) is 19.0 Å². The van der Waals surface area contributed by atoms with Crippen molar-refractivity contribution in [3.63, 3.8) is 0 Å². The van der Waals surface area contributed by atoms with Gasteiger partial charge in [-0.2, -0.15) is 0 Å². The number of rotatable bonds is 10. The van der Waals surface area contributed by atoms with E-state index in [1.807, 2.05) is 0 Å². The topological polar surface area (TPSA) is 105 Å². The summed E-state index contributed by atoms with van der Waals surface area (Å²) >= 11 is 3.05. The lowest BCUT2D eigenvalue weighted by molar-refractivity contribution is -0.137. The monoisotopic (exact) mass is 464 g/mol. The smallest absolute Gasteiger partial charge is 0.323 e. The van der Waals surface area contributed by atoms with E-state index in [1.165, 1.54) is 17.0 Å². The second-order valence-electron chi connectivity index (χ2n) is 5.90. The minimum Gasteiger partial charge on any atom is -0.497 e. The van der Waals surface area contributed by atoms with E-state index in [4.69, 9.17) is 14.6 Å². The fraction of sp³-hybridized carbons (Fsp3) is 0.250. The van der Waals surface area contributed by atoms with Gasteiger partial charge in [-0.15, -0.1) is 0 Å². The number of carboxylic acids is 1. The third-order valence-corrected chi connectivity index (χ3v) is 4.35. The van der Waals surface area contributed by atoms with Gasteiger partial charge in [0.25, 0.3) is 5.91 Å². The molecular formula is C20H21BrN2O6. The highest BCUT2D eigenvalue weighted by Gasteiger charge is 2.18. The number of amides is 2. The molecule has 29 heavy (non-hydrogen) atoms. The van der Waals surface area contributed by atoms with Crippen molar-refractivity contribution in [3.05, 3.63) is 54.1 Å². The number of carbonyl (C=O) groups is 3. The largest absolute Gasteiger partial charge is 0.497 e. The first-order valence-corrected chi connectivity index (χ1v) is 9.79. The van der Waals surface area contributed by atoms with Crippen molar-refractivity contribution < 1.29 is 29.0 Å². The number of hydrogen-bond acceptors (Lipinski definition) is 5. The van der Waals surface area contributed by atoms with Crippen LogP contribution in [0.5, 0.6) is 11.5 Å². The third kappa shape index (κ3) is 7.11. The van der Waals surface area contributed by atoms with Crippen LogP contribution in [0.2, 0.25) is 0 Å². The molecule has 2 N–H and O–H groups in total. The molecule has 0 aliphatic heterocycles. The SMILES string of the molecule is COc1ccc(OCCN(CC(=O)O)C(=O)c2ccc(NC(=O)CBr)cc2)cc1. The average Bonchev–Trinajstić information content (AvgIpc) is 2.73. The number of alkyl halides is 1. The molecule has 0 unspecified atom stereocenters. The van der Waals surface area contributed by atoms with Crippen LogP contribution in [0.15, 0.2) is 48.5 Å². The molecular weight excluding hydrogens is 444 g/mol.